The molecule has 3 atom stereocenters. The summed E-state index contributed by atoms with van der Waals surface area (Å²) < 4.78 is 0. The largest absolute Gasteiger partial charge is 0.480 e. The van der Waals surface area contributed by atoms with Crippen LogP contribution in [0.15, 0.2) is 6.20 Å². The highest BCUT2D eigenvalue weighted by atomic mass is 16.4. The van der Waals surface area contributed by atoms with E-state index >= 15 is 0 Å². The van der Waals surface area contributed by atoms with Gasteiger partial charge in [-0.1, -0.05) is 6.42 Å². The lowest BCUT2D eigenvalue weighted by Crippen LogP contribution is -2.38. The second-order valence-corrected chi connectivity index (χ2v) is 5.29. The minimum Gasteiger partial charge on any atom is -0.480 e. The van der Waals surface area contributed by atoms with Crippen LogP contribution in [-0.4, -0.2) is 67.8 Å². The van der Waals surface area contributed by atoms with E-state index in [1.54, 1.807) is 0 Å². The standard InChI is InChI=1S/C13H24N6O4/c14-9(12(22)23)3-1-2-4-16-7-11(21)10(20)5-8-6-17-19-13(15)18-8/h6,9-11,16,20-21H,1-5,7,14H2,(H,22,23)(H2,15,18,19)/t9-,10+,11+/m0/s1/i7+1. The van der Waals surface area contributed by atoms with Gasteiger partial charge >= 0.3 is 5.97 Å². The molecule has 1 heterocycles. The number of nitrogen functional groups attached to an aromatic ring is 1. The second kappa shape index (κ2) is 10.0. The van der Waals surface area contributed by atoms with Gasteiger partial charge < -0.3 is 32.1 Å². The SMILES string of the molecule is Nc1nncc(C[C@@H](O)[C@H](O)[13CH2]NCCCC[C@H](N)C(=O)O)n1. The van der Waals surface area contributed by atoms with Gasteiger partial charge in [0.1, 0.15) is 6.04 Å². The minimum absolute atomic E-state index is 0.0156. The molecule has 0 amide bonds. The Balaban J connectivity index is 2.16. The van der Waals surface area contributed by atoms with Crippen molar-refractivity contribution < 1.29 is 20.1 Å². The number of anilines is 1. The van der Waals surface area contributed by atoms with Crippen molar-refractivity contribution in [3.8, 4) is 0 Å². The van der Waals surface area contributed by atoms with E-state index in [2.05, 4.69) is 20.5 Å². The van der Waals surface area contributed by atoms with Crippen molar-refractivity contribution >= 4 is 11.9 Å². The highest BCUT2D eigenvalue weighted by molar-refractivity contribution is 5.72. The summed E-state index contributed by atoms with van der Waals surface area (Å²) in [6.07, 6.45) is 1.35. The smallest absolute Gasteiger partial charge is 0.320 e. The first-order chi connectivity index (χ1) is 10.9. The number of hydrogen-bond donors (Lipinski definition) is 6. The third-order valence-corrected chi connectivity index (χ3v) is 3.28. The van der Waals surface area contributed by atoms with Crippen LogP contribution in [0, 0.1) is 0 Å². The van der Waals surface area contributed by atoms with E-state index in [-0.39, 0.29) is 18.9 Å². The lowest BCUT2D eigenvalue weighted by Gasteiger charge is -2.18. The Hall–Kier alpha value is -1.88. The summed E-state index contributed by atoms with van der Waals surface area (Å²) in [6, 6.07) is -0.837. The Morgan fingerprint density at radius 3 is 2.70 bits per heavy atom. The fourth-order valence-electron chi connectivity index (χ4n) is 1.93. The number of carbonyl (C=O) groups is 1. The number of carboxylic acid groups (broad SMARTS) is 1. The van der Waals surface area contributed by atoms with E-state index < -0.39 is 24.2 Å². The molecule has 0 fully saturated rings. The summed E-state index contributed by atoms with van der Waals surface area (Å²) >= 11 is 0. The third-order valence-electron chi connectivity index (χ3n) is 3.28. The second-order valence-electron chi connectivity index (χ2n) is 5.29. The molecule has 0 unspecified atom stereocenters. The molecule has 0 saturated carbocycles. The molecule has 8 N–H and O–H groups in total. The van der Waals surface area contributed by atoms with Gasteiger partial charge in [-0.05, 0) is 19.4 Å². The van der Waals surface area contributed by atoms with Crippen molar-refractivity contribution in [2.45, 2.75) is 43.9 Å². The number of rotatable bonds is 11. The number of aromatic nitrogens is 3. The molecule has 10 heteroatoms. The van der Waals surface area contributed by atoms with Gasteiger partial charge in [0.05, 0.1) is 24.1 Å². The maximum atomic E-state index is 10.5. The van der Waals surface area contributed by atoms with Gasteiger partial charge in [-0.2, -0.15) is 5.10 Å². The number of aliphatic hydroxyl groups excluding tert-OH is 2. The maximum Gasteiger partial charge on any atom is 0.320 e. The van der Waals surface area contributed by atoms with Gasteiger partial charge in [0, 0.05) is 13.0 Å². The summed E-state index contributed by atoms with van der Waals surface area (Å²) in [5.41, 5.74) is 11.2. The summed E-state index contributed by atoms with van der Waals surface area (Å²) in [4.78, 5) is 14.4. The van der Waals surface area contributed by atoms with E-state index in [4.69, 9.17) is 16.6 Å². The zero-order valence-electron chi connectivity index (χ0n) is 12.8. The average molecular weight is 329 g/mol. The van der Waals surface area contributed by atoms with Crippen molar-refractivity contribution in [1.29, 1.82) is 0 Å². The molecule has 0 aliphatic rings. The number of carboxylic acids is 1. The molecule has 1 aromatic rings. The Morgan fingerprint density at radius 1 is 1.30 bits per heavy atom. The van der Waals surface area contributed by atoms with Gasteiger partial charge in [-0.25, -0.2) is 4.98 Å². The quantitative estimate of drug-likeness (QED) is 0.194. The van der Waals surface area contributed by atoms with Crippen LogP contribution in [0.3, 0.4) is 0 Å². The van der Waals surface area contributed by atoms with Crippen molar-refractivity contribution in [1.82, 2.24) is 20.5 Å². The summed E-state index contributed by atoms with van der Waals surface area (Å²) in [5, 5.41) is 38.5. The molecule has 0 aliphatic carbocycles. The molecule has 1 aromatic heterocycles. The topological polar surface area (TPSA) is 180 Å². The molecule has 0 saturated heterocycles. The number of nitrogens with one attached hydrogen (secondary N) is 1. The first kappa shape index (κ1) is 19.2. The van der Waals surface area contributed by atoms with Crippen LogP contribution in [0.5, 0.6) is 0 Å². The monoisotopic (exact) mass is 329 g/mol. The Kier molecular flexibility index (Phi) is 8.33. The number of aliphatic hydroxyl groups is 2. The van der Waals surface area contributed by atoms with E-state index in [0.717, 1.165) is 6.42 Å². The Morgan fingerprint density at radius 2 is 2.04 bits per heavy atom. The van der Waals surface area contributed by atoms with Crippen molar-refractivity contribution in [2.75, 3.05) is 18.8 Å². The van der Waals surface area contributed by atoms with E-state index in [1.807, 2.05) is 0 Å². The van der Waals surface area contributed by atoms with E-state index in [1.165, 1.54) is 6.20 Å². The van der Waals surface area contributed by atoms with Crippen LogP contribution in [0.4, 0.5) is 5.95 Å². The molecule has 0 aromatic carbocycles. The van der Waals surface area contributed by atoms with E-state index in [0.29, 0.717) is 25.1 Å². The minimum atomic E-state index is -1.00. The molecular weight excluding hydrogens is 305 g/mol. The first-order valence-electron chi connectivity index (χ1n) is 7.39. The number of hydrogen-bond acceptors (Lipinski definition) is 9. The van der Waals surface area contributed by atoms with E-state index in [9.17, 15) is 15.0 Å². The number of nitrogens with zero attached hydrogens (tertiary/aromatic N) is 3. The predicted octanol–water partition coefficient (Wildman–Crippen LogP) is -2.11. The lowest BCUT2D eigenvalue weighted by atomic mass is 10.1. The number of aliphatic carboxylic acids is 1. The lowest BCUT2D eigenvalue weighted by molar-refractivity contribution is -0.138. The maximum absolute atomic E-state index is 10.5. The summed E-state index contributed by atoms with van der Waals surface area (Å²) in [7, 11) is 0. The van der Waals surface area contributed by atoms with Gasteiger partial charge in [0.2, 0.25) is 5.95 Å². The van der Waals surface area contributed by atoms with Gasteiger partial charge in [-0.3, -0.25) is 4.79 Å². The van der Waals surface area contributed by atoms with Gasteiger partial charge in [0.15, 0.2) is 0 Å². The summed E-state index contributed by atoms with van der Waals surface area (Å²) in [6.45, 7) is 0.804. The van der Waals surface area contributed by atoms with Crippen LogP contribution < -0.4 is 16.8 Å². The molecule has 1 rings (SSSR count). The highest BCUT2D eigenvalue weighted by Crippen LogP contribution is 2.03. The van der Waals surface area contributed by atoms with Crippen LogP contribution in [0.1, 0.15) is 25.0 Å². The molecule has 0 spiro atoms. The van der Waals surface area contributed by atoms with Crippen LogP contribution in [0.25, 0.3) is 0 Å². The van der Waals surface area contributed by atoms with Crippen LogP contribution >= 0.6 is 0 Å². The van der Waals surface area contributed by atoms with Gasteiger partial charge in [0.25, 0.3) is 0 Å². The number of nitrogens with two attached hydrogens (primary N) is 2. The fraction of sp³-hybridized carbons (Fsp3) is 0.692. The Labute approximate surface area is 133 Å². The summed E-state index contributed by atoms with van der Waals surface area (Å²) in [5.74, 6) is -0.988. The molecular formula is C13H24N6O4. The predicted molar refractivity (Wildman–Crippen MR) is 82.3 cm³/mol. The van der Waals surface area contributed by atoms with Crippen molar-refractivity contribution in [3.63, 3.8) is 0 Å². The van der Waals surface area contributed by atoms with Crippen LogP contribution in [-0.2, 0) is 11.2 Å². The first-order valence-corrected chi connectivity index (χ1v) is 7.39. The highest BCUT2D eigenvalue weighted by Gasteiger charge is 2.17. The fourth-order valence-corrected chi connectivity index (χ4v) is 1.93. The molecule has 0 aliphatic heterocycles. The molecule has 130 valence electrons. The third kappa shape index (κ3) is 7.79. The molecule has 0 bridgehead atoms. The van der Waals surface area contributed by atoms with Crippen molar-refractivity contribution in [3.05, 3.63) is 11.9 Å². The zero-order chi connectivity index (χ0) is 17.2. The van der Waals surface area contributed by atoms with Crippen molar-refractivity contribution in [2.24, 2.45) is 5.73 Å². The average Bonchev–Trinajstić information content (AvgIpc) is 2.50. The Bertz CT molecular complexity index is 489. The normalized spacial score (nSPS) is 15.1. The van der Waals surface area contributed by atoms with Gasteiger partial charge in [-0.15, -0.1) is 5.10 Å². The number of unbranched alkanes of at least 4 members (excludes halogenated alkanes) is 1. The molecule has 0 radical (unpaired) electrons. The zero-order valence-corrected chi connectivity index (χ0v) is 12.8. The molecule has 23 heavy (non-hydrogen) atoms. The van der Waals surface area contributed by atoms with Crippen LogP contribution in [0.2, 0.25) is 0 Å². The molecule has 10 nitrogen and oxygen atoms in total.